The van der Waals surface area contributed by atoms with Crippen LogP contribution in [0.1, 0.15) is 40.5 Å². The van der Waals surface area contributed by atoms with Crippen LogP contribution in [0.3, 0.4) is 0 Å². The second-order valence-corrected chi connectivity index (χ2v) is 26.4. The summed E-state index contributed by atoms with van der Waals surface area (Å²) in [6.45, 7) is 9.20. The third kappa shape index (κ3) is 2.21. The Morgan fingerprint density at radius 2 is 1.17 bits per heavy atom. The first-order valence-corrected chi connectivity index (χ1v) is 15.6. The summed E-state index contributed by atoms with van der Waals surface area (Å²) in [6, 6.07) is 0. The van der Waals surface area contributed by atoms with Crippen molar-refractivity contribution >= 4 is 7.63 Å². The Hall–Kier alpha value is -0.109. The Morgan fingerprint density at radius 3 is 1.39 bits per heavy atom. The molecule has 0 radical (unpaired) electrons. The molecule has 2 heteroatoms. The number of allylic oxidation sites excluding steroid dienone is 8. The van der Waals surface area contributed by atoms with Crippen LogP contribution in [0.15, 0.2) is 42.2 Å². The van der Waals surface area contributed by atoms with Crippen LogP contribution in [0.5, 0.6) is 0 Å². The molecule has 0 aliphatic heterocycles. The molecule has 0 heterocycles. The van der Waals surface area contributed by atoms with E-state index in [0.29, 0.717) is 0 Å². The van der Waals surface area contributed by atoms with Gasteiger partial charge in [-0.1, -0.05) is 0 Å². The predicted octanol–water partition coefficient (Wildman–Crippen LogP) is 4.57. The van der Waals surface area contributed by atoms with Crippen molar-refractivity contribution in [3.8, 4) is 0 Å². The molecule has 0 nitrogen and oxygen atoms in total. The van der Waals surface area contributed by atoms with E-state index in [2.05, 4.69) is 57.9 Å². The van der Waals surface area contributed by atoms with Crippen molar-refractivity contribution in [3.05, 3.63) is 42.2 Å². The SMILES string of the molecule is CC1=CC(C)=[C]([Ti]([CH3])([CH3])(=[SiH2])[C]2=C(C)C=C(C)C2)C1. The topological polar surface area (TPSA) is 0 Å². The first-order chi connectivity index (χ1) is 8.10. The fourth-order valence-corrected chi connectivity index (χ4v) is 14.6. The van der Waals surface area contributed by atoms with E-state index in [4.69, 9.17) is 0 Å². The summed E-state index contributed by atoms with van der Waals surface area (Å²) in [5.74, 6) is 0. The van der Waals surface area contributed by atoms with E-state index < -0.39 is 14.0 Å². The van der Waals surface area contributed by atoms with E-state index in [-0.39, 0.29) is 0 Å². The standard InChI is InChI=1S/2C7H9.2CH3.H2Si.Ti/c2*1-6-3-4-7(2)5-6;;;;/h2*5H,3H2,1-2H3;2*1H3;1H2;. The van der Waals surface area contributed by atoms with Gasteiger partial charge in [-0.05, 0) is 0 Å². The summed E-state index contributed by atoms with van der Waals surface area (Å²) in [6.07, 6.45) is 7.28. The number of hydrogen-bond donors (Lipinski definition) is 0. The minimum atomic E-state index is -2.62. The quantitative estimate of drug-likeness (QED) is 0.655. The summed E-state index contributed by atoms with van der Waals surface area (Å²) in [7, 11) is 2.36. The monoisotopic (exact) mass is 294 g/mol. The van der Waals surface area contributed by atoms with Crippen LogP contribution >= 0.6 is 0 Å². The Morgan fingerprint density at radius 1 is 0.833 bits per heavy atom. The minimum absolute atomic E-state index is 1.23. The van der Waals surface area contributed by atoms with Gasteiger partial charge in [0.15, 0.2) is 0 Å². The van der Waals surface area contributed by atoms with Crippen LogP contribution < -0.4 is 0 Å². The van der Waals surface area contributed by atoms with Gasteiger partial charge in [0.1, 0.15) is 0 Å². The first kappa shape index (κ1) is 14.3. The zero-order chi connectivity index (χ0) is 13.7. The summed E-state index contributed by atoms with van der Waals surface area (Å²) in [5, 5.41) is 5.23. The molecule has 0 unspecified atom stereocenters. The van der Waals surface area contributed by atoms with Crippen LogP contribution in [0, 0.1) is 0 Å². The van der Waals surface area contributed by atoms with Gasteiger partial charge in [-0.2, -0.15) is 0 Å². The van der Waals surface area contributed by atoms with Gasteiger partial charge in [-0.3, -0.25) is 0 Å². The molecule has 0 atom stereocenters. The summed E-state index contributed by atoms with van der Waals surface area (Å²) < 4.78 is 3.61. The molecular formula is C16H26SiTi. The zero-order valence-corrected chi connectivity index (χ0v) is 15.8. The molecule has 2 aliphatic rings. The fourth-order valence-electron chi connectivity index (χ4n) is 3.87. The molecule has 0 N–H and O–H groups in total. The van der Waals surface area contributed by atoms with Gasteiger partial charge in [-0.25, -0.2) is 0 Å². The molecule has 0 bridgehead atoms. The van der Waals surface area contributed by atoms with Crippen molar-refractivity contribution in [2.45, 2.75) is 51.0 Å². The Kier molecular flexibility index (Phi) is 3.33. The van der Waals surface area contributed by atoms with E-state index in [1.54, 1.807) is 30.0 Å². The molecule has 0 fully saturated rings. The van der Waals surface area contributed by atoms with E-state index in [1.807, 2.05) is 0 Å². The van der Waals surface area contributed by atoms with Crippen molar-refractivity contribution < 1.29 is 14.0 Å². The third-order valence-corrected chi connectivity index (χ3v) is 16.1. The average Bonchev–Trinajstić information content (AvgIpc) is 2.70. The second kappa shape index (κ2) is 4.19. The van der Waals surface area contributed by atoms with Crippen LogP contribution in [-0.4, -0.2) is 7.63 Å². The van der Waals surface area contributed by atoms with Crippen molar-refractivity contribution in [3.63, 3.8) is 0 Å². The first-order valence-electron chi connectivity index (χ1n) is 6.92. The van der Waals surface area contributed by atoms with Gasteiger partial charge in [-0.15, -0.1) is 0 Å². The average molecular weight is 294 g/mol. The number of rotatable bonds is 2. The molecular weight excluding hydrogens is 268 g/mol. The van der Waals surface area contributed by atoms with E-state index in [9.17, 15) is 0 Å². The van der Waals surface area contributed by atoms with Gasteiger partial charge in [0.05, 0.1) is 0 Å². The molecule has 0 aromatic heterocycles. The summed E-state index contributed by atoms with van der Waals surface area (Å²) >= 11 is -2.62. The molecule has 0 amide bonds. The van der Waals surface area contributed by atoms with E-state index in [0.717, 1.165) is 0 Å². The zero-order valence-electron chi connectivity index (χ0n) is 12.8. The molecule has 2 rings (SSSR count). The Labute approximate surface area is 114 Å². The van der Waals surface area contributed by atoms with E-state index >= 15 is 0 Å². The maximum atomic E-state index is 2.62. The van der Waals surface area contributed by atoms with Crippen molar-refractivity contribution in [2.24, 2.45) is 0 Å². The fraction of sp³-hybridized carbons (Fsp3) is 0.500. The Balaban J connectivity index is 2.53. The molecule has 0 aromatic carbocycles. The number of hydrogen-bond acceptors (Lipinski definition) is 0. The van der Waals surface area contributed by atoms with Crippen molar-refractivity contribution in [2.75, 3.05) is 0 Å². The summed E-state index contributed by atoms with van der Waals surface area (Å²) in [4.78, 5) is 0. The van der Waals surface area contributed by atoms with Crippen LogP contribution in [0.4, 0.5) is 0 Å². The van der Waals surface area contributed by atoms with Crippen LogP contribution in [-0.2, 0) is 14.0 Å². The normalized spacial score (nSPS) is 21.7. The molecule has 0 aromatic rings. The molecule has 18 heavy (non-hydrogen) atoms. The molecule has 0 saturated heterocycles. The third-order valence-electron chi connectivity index (χ3n) is 4.72. The van der Waals surface area contributed by atoms with Gasteiger partial charge < -0.3 is 0 Å². The van der Waals surface area contributed by atoms with Gasteiger partial charge in [0.2, 0.25) is 0 Å². The molecule has 0 spiro atoms. The molecule has 98 valence electrons. The van der Waals surface area contributed by atoms with E-state index in [1.165, 1.54) is 12.8 Å². The van der Waals surface area contributed by atoms with Gasteiger partial charge >= 0.3 is 115 Å². The summed E-state index contributed by atoms with van der Waals surface area (Å²) in [5.41, 5.74) is 6.23. The van der Waals surface area contributed by atoms with Gasteiger partial charge in [0, 0.05) is 0 Å². The van der Waals surface area contributed by atoms with Crippen molar-refractivity contribution in [1.29, 1.82) is 0 Å². The van der Waals surface area contributed by atoms with Crippen LogP contribution in [0.25, 0.3) is 0 Å². The van der Waals surface area contributed by atoms with Gasteiger partial charge in [0.25, 0.3) is 0 Å². The maximum absolute atomic E-state index is 2.62. The molecule has 2 aliphatic carbocycles. The second-order valence-electron chi connectivity index (χ2n) is 7.34. The predicted molar refractivity (Wildman–Crippen MR) is 82.4 cm³/mol. The van der Waals surface area contributed by atoms with Crippen LogP contribution in [0.2, 0.25) is 10.5 Å². The van der Waals surface area contributed by atoms with Crippen molar-refractivity contribution in [1.82, 2.24) is 0 Å². The Bertz CT molecular complexity index is 555. The molecule has 0 saturated carbocycles.